The molecule has 0 saturated carbocycles. The highest BCUT2D eigenvalue weighted by Crippen LogP contribution is 2.34. The zero-order chi connectivity index (χ0) is 27.2. The number of halogens is 1. The first kappa shape index (κ1) is 26.5. The summed E-state index contributed by atoms with van der Waals surface area (Å²) in [6.45, 7) is 3.93. The van der Waals surface area contributed by atoms with Gasteiger partial charge in [-0.15, -0.1) is 0 Å². The van der Waals surface area contributed by atoms with E-state index >= 15 is 0 Å². The van der Waals surface area contributed by atoms with Crippen molar-refractivity contribution in [1.29, 1.82) is 0 Å². The number of nitrogen functional groups attached to an aromatic ring is 1. The van der Waals surface area contributed by atoms with Crippen molar-refractivity contribution >= 4 is 17.7 Å². The number of methoxy groups -OCH3 is 2. The topological polar surface area (TPSA) is 153 Å². The number of nitrogens with one attached hydrogen (secondary N) is 3. The number of pyridine rings is 1. The molecule has 3 heterocycles. The molecule has 12 heteroatoms. The summed E-state index contributed by atoms with van der Waals surface area (Å²) >= 11 is 0. The number of benzene rings is 1. The van der Waals surface area contributed by atoms with Crippen LogP contribution >= 0.6 is 0 Å². The Kier molecular flexibility index (Phi) is 8.12. The molecule has 0 aliphatic rings. The van der Waals surface area contributed by atoms with E-state index in [-0.39, 0.29) is 23.6 Å². The smallest absolute Gasteiger partial charge is 0.249 e. The number of carbonyl (C=O) groups is 1. The molecule has 0 radical (unpaired) electrons. The summed E-state index contributed by atoms with van der Waals surface area (Å²) in [6, 6.07) is 9.28. The van der Waals surface area contributed by atoms with Gasteiger partial charge in [0.25, 0.3) is 0 Å². The van der Waals surface area contributed by atoms with E-state index in [2.05, 4.69) is 30.6 Å². The summed E-state index contributed by atoms with van der Waals surface area (Å²) in [5.41, 5.74) is 8.95. The Morgan fingerprint density at radius 2 is 1.87 bits per heavy atom. The van der Waals surface area contributed by atoms with Gasteiger partial charge >= 0.3 is 0 Å². The Bertz CT molecular complexity index is 1410. The normalized spacial score (nSPS) is 12.6. The predicted octanol–water partition coefficient (Wildman–Crippen LogP) is 3.28. The summed E-state index contributed by atoms with van der Waals surface area (Å²) in [7, 11) is 2.99. The fourth-order valence-corrected chi connectivity index (χ4v) is 3.61. The second-order valence-corrected chi connectivity index (χ2v) is 8.56. The van der Waals surface area contributed by atoms with Crippen molar-refractivity contribution in [3.8, 4) is 39.8 Å². The number of H-pyrrole nitrogens is 1. The van der Waals surface area contributed by atoms with Crippen molar-refractivity contribution in [2.75, 3.05) is 31.8 Å². The van der Waals surface area contributed by atoms with E-state index in [0.717, 1.165) is 0 Å². The maximum absolute atomic E-state index is 13.5. The van der Waals surface area contributed by atoms with Crippen molar-refractivity contribution < 1.29 is 18.7 Å². The SMILES string of the molecule is COc1cc(-c2nc(-c3ccc(F)cc3)[nH]c2-c2ccnc(NC[C@H](C)NC(=O)[C@@H](C)OC)n2)cnc1N. The van der Waals surface area contributed by atoms with Crippen LogP contribution in [0.5, 0.6) is 5.75 Å². The number of imidazole rings is 1. The van der Waals surface area contributed by atoms with Crippen LogP contribution in [0.1, 0.15) is 13.8 Å². The van der Waals surface area contributed by atoms with Gasteiger partial charge in [-0.2, -0.15) is 0 Å². The number of hydrogen-bond acceptors (Lipinski definition) is 9. The number of aromatic amines is 1. The maximum atomic E-state index is 13.5. The van der Waals surface area contributed by atoms with E-state index in [1.807, 2.05) is 6.92 Å². The lowest BCUT2D eigenvalue weighted by molar-refractivity contribution is -0.130. The van der Waals surface area contributed by atoms with Crippen LogP contribution in [0.3, 0.4) is 0 Å². The minimum Gasteiger partial charge on any atom is -0.493 e. The predicted molar refractivity (Wildman–Crippen MR) is 142 cm³/mol. The van der Waals surface area contributed by atoms with Crippen LogP contribution in [0.15, 0.2) is 48.8 Å². The third-order valence-electron chi connectivity index (χ3n) is 5.79. The van der Waals surface area contributed by atoms with Crippen LogP contribution in [-0.4, -0.2) is 63.7 Å². The van der Waals surface area contributed by atoms with E-state index in [0.29, 0.717) is 52.3 Å². The first-order valence-electron chi connectivity index (χ1n) is 11.8. The second kappa shape index (κ2) is 11.6. The third kappa shape index (κ3) is 6.03. The molecule has 3 aromatic heterocycles. The van der Waals surface area contributed by atoms with Gasteiger partial charge in [-0.3, -0.25) is 4.79 Å². The lowest BCUT2D eigenvalue weighted by Crippen LogP contribution is -2.42. The van der Waals surface area contributed by atoms with Crippen molar-refractivity contribution in [3.05, 3.63) is 54.6 Å². The Labute approximate surface area is 219 Å². The molecule has 198 valence electrons. The van der Waals surface area contributed by atoms with Crippen LogP contribution in [0.2, 0.25) is 0 Å². The zero-order valence-corrected chi connectivity index (χ0v) is 21.4. The molecule has 0 unspecified atom stereocenters. The van der Waals surface area contributed by atoms with Gasteiger partial charge < -0.3 is 30.8 Å². The first-order chi connectivity index (χ1) is 18.3. The molecule has 0 aliphatic carbocycles. The Hall–Kier alpha value is -4.58. The van der Waals surface area contributed by atoms with Crippen molar-refractivity contribution in [2.24, 2.45) is 0 Å². The van der Waals surface area contributed by atoms with Crippen molar-refractivity contribution in [3.63, 3.8) is 0 Å². The number of nitrogens with two attached hydrogens (primary N) is 1. The largest absolute Gasteiger partial charge is 0.493 e. The molecule has 4 rings (SSSR count). The quantitative estimate of drug-likeness (QED) is 0.247. The Morgan fingerprint density at radius 1 is 1.11 bits per heavy atom. The molecule has 2 atom stereocenters. The van der Waals surface area contributed by atoms with E-state index < -0.39 is 6.10 Å². The molecule has 1 aromatic carbocycles. The summed E-state index contributed by atoms with van der Waals surface area (Å²) in [6.07, 6.45) is 2.66. The zero-order valence-electron chi connectivity index (χ0n) is 21.4. The lowest BCUT2D eigenvalue weighted by Gasteiger charge is -2.17. The number of ether oxygens (including phenoxy) is 2. The number of rotatable bonds is 10. The standard InChI is InChI=1S/C26H29FN8O3/c1-14(32-25(36)15(2)37-3)12-31-26-29-10-9-19(33-26)22-21(17-11-20(38-4)23(28)30-13-17)34-24(35-22)16-5-7-18(27)8-6-16/h5-11,13-15H,12H2,1-4H3,(H2,28,30)(H,32,36)(H,34,35)(H,29,31,33)/t14-,15+/m0/s1. The molecular weight excluding hydrogens is 491 g/mol. The van der Waals surface area contributed by atoms with Crippen molar-refractivity contribution in [2.45, 2.75) is 26.0 Å². The fraction of sp³-hybridized carbons (Fsp3) is 0.269. The number of nitrogens with zero attached hydrogens (tertiary/aromatic N) is 4. The van der Waals surface area contributed by atoms with Gasteiger partial charge in [0.05, 0.1) is 18.5 Å². The molecular formula is C26H29FN8O3. The fourth-order valence-electron chi connectivity index (χ4n) is 3.61. The average molecular weight is 521 g/mol. The first-order valence-corrected chi connectivity index (χ1v) is 11.8. The molecule has 0 spiro atoms. The van der Waals surface area contributed by atoms with E-state index in [1.54, 1.807) is 43.6 Å². The van der Waals surface area contributed by atoms with Gasteiger partial charge in [0.1, 0.15) is 23.4 Å². The highest BCUT2D eigenvalue weighted by atomic mass is 19.1. The lowest BCUT2D eigenvalue weighted by atomic mass is 10.1. The summed E-state index contributed by atoms with van der Waals surface area (Å²) < 4.78 is 23.9. The molecule has 11 nitrogen and oxygen atoms in total. The number of anilines is 2. The van der Waals surface area contributed by atoms with Crippen molar-refractivity contribution in [1.82, 2.24) is 30.2 Å². The Morgan fingerprint density at radius 3 is 2.58 bits per heavy atom. The van der Waals surface area contributed by atoms with Crippen LogP contribution in [0.25, 0.3) is 34.0 Å². The summed E-state index contributed by atoms with van der Waals surface area (Å²) in [5.74, 6) is 0.981. The number of amides is 1. The van der Waals surface area contributed by atoms with Crippen LogP contribution in [-0.2, 0) is 9.53 Å². The molecule has 38 heavy (non-hydrogen) atoms. The molecule has 0 fully saturated rings. The number of carbonyl (C=O) groups excluding carboxylic acids is 1. The third-order valence-corrected chi connectivity index (χ3v) is 5.79. The van der Waals surface area contributed by atoms with Gasteiger partial charge in [0.15, 0.2) is 11.6 Å². The highest BCUT2D eigenvalue weighted by molar-refractivity contribution is 5.81. The maximum Gasteiger partial charge on any atom is 0.249 e. The van der Waals surface area contributed by atoms with Crippen LogP contribution < -0.4 is 21.1 Å². The van der Waals surface area contributed by atoms with Gasteiger partial charge in [-0.1, -0.05) is 0 Å². The van der Waals surface area contributed by atoms with E-state index in [1.165, 1.54) is 26.4 Å². The van der Waals surface area contributed by atoms with E-state index in [4.69, 9.17) is 20.2 Å². The number of hydrogen-bond donors (Lipinski definition) is 4. The monoisotopic (exact) mass is 520 g/mol. The molecule has 5 N–H and O–H groups in total. The molecule has 0 saturated heterocycles. The number of aromatic nitrogens is 5. The summed E-state index contributed by atoms with van der Waals surface area (Å²) in [4.78, 5) is 33.3. The Balaban J connectivity index is 1.66. The molecule has 4 aromatic rings. The van der Waals surface area contributed by atoms with Gasteiger partial charge in [0.2, 0.25) is 11.9 Å². The van der Waals surface area contributed by atoms with Gasteiger partial charge in [-0.25, -0.2) is 24.3 Å². The minimum atomic E-state index is -0.549. The molecule has 0 bridgehead atoms. The van der Waals surface area contributed by atoms with Crippen LogP contribution in [0, 0.1) is 5.82 Å². The van der Waals surface area contributed by atoms with Gasteiger partial charge in [-0.05, 0) is 50.2 Å². The van der Waals surface area contributed by atoms with Crippen LogP contribution in [0.4, 0.5) is 16.2 Å². The average Bonchev–Trinajstić information content (AvgIpc) is 3.38. The van der Waals surface area contributed by atoms with Gasteiger partial charge in [0, 0.05) is 43.2 Å². The second-order valence-electron chi connectivity index (χ2n) is 8.56. The molecule has 0 aliphatic heterocycles. The summed E-state index contributed by atoms with van der Waals surface area (Å²) in [5, 5.41) is 6.01. The molecule has 1 amide bonds. The minimum absolute atomic E-state index is 0.200. The highest BCUT2D eigenvalue weighted by Gasteiger charge is 2.19. The van der Waals surface area contributed by atoms with E-state index in [9.17, 15) is 9.18 Å².